The fourth-order valence-corrected chi connectivity index (χ4v) is 2.53. The first-order valence-electron chi connectivity index (χ1n) is 7.72. The number of aromatic nitrogens is 2. The van der Waals surface area contributed by atoms with Crippen molar-refractivity contribution in [2.75, 3.05) is 36.5 Å². The molecule has 1 N–H and O–H groups in total. The van der Waals surface area contributed by atoms with Gasteiger partial charge in [-0.15, -0.1) is 0 Å². The van der Waals surface area contributed by atoms with Gasteiger partial charge in [-0.1, -0.05) is 0 Å². The molecule has 0 bridgehead atoms. The molecule has 0 saturated carbocycles. The van der Waals surface area contributed by atoms with Crippen LogP contribution in [0.15, 0.2) is 36.8 Å². The number of nitrogens with one attached hydrogen (secondary N) is 1. The normalized spacial score (nSPS) is 14.5. The van der Waals surface area contributed by atoms with Gasteiger partial charge in [-0.3, -0.25) is 9.78 Å². The highest BCUT2D eigenvalue weighted by Gasteiger charge is 2.17. The van der Waals surface area contributed by atoms with E-state index in [4.69, 9.17) is 4.74 Å². The quantitative estimate of drug-likeness (QED) is 0.926. The largest absolute Gasteiger partial charge is 0.380 e. The minimum Gasteiger partial charge on any atom is -0.380 e. The van der Waals surface area contributed by atoms with Crippen molar-refractivity contribution in [2.24, 2.45) is 0 Å². The van der Waals surface area contributed by atoms with E-state index in [0.29, 0.717) is 12.3 Å². The van der Waals surface area contributed by atoms with Gasteiger partial charge >= 0.3 is 0 Å². The Morgan fingerprint density at radius 2 is 2.25 bits per heavy atom. The van der Waals surface area contributed by atoms with Crippen LogP contribution in [0.1, 0.15) is 22.5 Å². The number of nitrogens with zero attached hydrogens (tertiary/aromatic N) is 4. The highest BCUT2D eigenvalue weighted by Crippen LogP contribution is 2.20. The predicted molar refractivity (Wildman–Crippen MR) is 88.8 cm³/mol. The number of nitriles is 1. The van der Waals surface area contributed by atoms with Crippen molar-refractivity contribution in [3.63, 3.8) is 0 Å². The van der Waals surface area contributed by atoms with Gasteiger partial charge in [0, 0.05) is 25.9 Å². The average molecular weight is 323 g/mol. The smallest absolute Gasteiger partial charge is 0.258 e. The number of anilines is 2. The lowest BCUT2D eigenvalue weighted by Gasteiger charge is -2.22. The van der Waals surface area contributed by atoms with Gasteiger partial charge in [-0.25, -0.2) is 4.98 Å². The molecule has 0 atom stereocenters. The second-order valence-corrected chi connectivity index (χ2v) is 5.35. The zero-order chi connectivity index (χ0) is 16.8. The maximum Gasteiger partial charge on any atom is 0.258 e. The van der Waals surface area contributed by atoms with Gasteiger partial charge in [0.05, 0.1) is 35.9 Å². The number of rotatable bonds is 3. The van der Waals surface area contributed by atoms with Gasteiger partial charge < -0.3 is 15.0 Å². The number of ether oxygens (including phenoxy) is 1. The van der Waals surface area contributed by atoms with E-state index >= 15 is 0 Å². The Morgan fingerprint density at radius 3 is 3.04 bits per heavy atom. The first kappa shape index (κ1) is 15.9. The second kappa shape index (κ2) is 7.53. The Hall–Kier alpha value is -2.98. The van der Waals surface area contributed by atoms with Crippen LogP contribution >= 0.6 is 0 Å². The summed E-state index contributed by atoms with van der Waals surface area (Å²) in [7, 11) is 0. The summed E-state index contributed by atoms with van der Waals surface area (Å²) in [5.41, 5.74) is 1.74. The van der Waals surface area contributed by atoms with Crippen LogP contribution in [0.2, 0.25) is 0 Å². The molecule has 1 amide bonds. The Kier molecular flexibility index (Phi) is 4.99. The molecule has 0 aromatic carbocycles. The monoisotopic (exact) mass is 323 g/mol. The van der Waals surface area contributed by atoms with Crippen molar-refractivity contribution in [1.29, 1.82) is 5.26 Å². The molecule has 1 aliphatic rings. The Labute approximate surface area is 139 Å². The minimum absolute atomic E-state index is 0.103. The van der Waals surface area contributed by atoms with Gasteiger partial charge in [0.15, 0.2) is 5.69 Å². The van der Waals surface area contributed by atoms with Crippen molar-refractivity contribution < 1.29 is 9.53 Å². The molecular weight excluding hydrogens is 306 g/mol. The third-order valence-electron chi connectivity index (χ3n) is 3.73. The third kappa shape index (κ3) is 3.67. The molecule has 0 aliphatic carbocycles. The van der Waals surface area contributed by atoms with Crippen molar-refractivity contribution in [1.82, 2.24) is 9.97 Å². The molecule has 3 heterocycles. The van der Waals surface area contributed by atoms with Crippen LogP contribution in [-0.2, 0) is 4.74 Å². The van der Waals surface area contributed by atoms with Gasteiger partial charge in [-0.2, -0.15) is 5.26 Å². The second-order valence-electron chi connectivity index (χ2n) is 5.35. The summed E-state index contributed by atoms with van der Waals surface area (Å²) in [5, 5.41) is 12.0. The minimum atomic E-state index is -0.375. The average Bonchev–Trinajstić information content (AvgIpc) is 2.91. The lowest BCUT2D eigenvalue weighted by atomic mass is 10.1. The predicted octanol–water partition coefficient (Wildman–Crippen LogP) is 1.83. The summed E-state index contributed by atoms with van der Waals surface area (Å²) < 4.78 is 5.45. The number of carbonyl (C=O) groups is 1. The summed E-state index contributed by atoms with van der Waals surface area (Å²) in [6.07, 6.45) is 5.72. The lowest BCUT2D eigenvalue weighted by Crippen LogP contribution is -2.26. The maximum atomic E-state index is 12.5. The fourth-order valence-electron chi connectivity index (χ4n) is 2.53. The number of amides is 1. The van der Waals surface area contributed by atoms with Crippen molar-refractivity contribution in [2.45, 2.75) is 6.42 Å². The molecule has 0 unspecified atom stereocenters. The van der Waals surface area contributed by atoms with Crippen LogP contribution in [0, 0.1) is 11.3 Å². The summed E-state index contributed by atoms with van der Waals surface area (Å²) >= 11 is 0. The first-order chi connectivity index (χ1) is 11.8. The SMILES string of the molecule is N#Cc1ncc(N2CCCOCC2)cc1C(=O)Nc1cccnc1. The van der Waals surface area contributed by atoms with Gasteiger partial charge in [0.1, 0.15) is 6.07 Å². The number of hydrogen-bond acceptors (Lipinski definition) is 6. The van der Waals surface area contributed by atoms with E-state index in [1.165, 1.54) is 0 Å². The summed E-state index contributed by atoms with van der Waals surface area (Å²) in [5.74, 6) is -0.375. The Morgan fingerprint density at radius 1 is 1.33 bits per heavy atom. The molecule has 3 rings (SSSR count). The number of pyridine rings is 2. The molecule has 122 valence electrons. The van der Waals surface area contributed by atoms with Gasteiger partial charge in [0.2, 0.25) is 0 Å². The standard InChI is InChI=1S/C17H17N5O2/c18-10-16-15(17(23)21-13-3-1-4-19-11-13)9-14(12-20-16)22-5-2-7-24-8-6-22/h1,3-4,9,11-12H,2,5-8H2,(H,21,23). The Balaban J connectivity index is 1.86. The fraction of sp³-hybridized carbons (Fsp3) is 0.294. The molecule has 7 nitrogen and oxygen atoms in total. The topological polar surface area (TPSA) is 91.1 Å². The van der Waals surface area contributed by atoms with E-state index < -0.39 is 0 Å². The number of carbonyl (C=O) groups excluding carboxylic acids is 1. The van der Waals surface area contributed by atoms with Crippen molar-refractivity contribution in [3.8, 4) is 6.07 Å². The maximum absolute atomic E-state index is 12.5. The van der Waals surface area contributed by atoms with Gasteiger partial charge in [0.25, 0.3) is 5.91 Å². The molecule has 24 heavy (non-hydrogen) atoms. The van der Waals surface area contributed by atoms with E-state index in [0.717, 1.165) is 31.8 Å². The van der Waals surface area contributed by atoms with Crippen LogP contribution in [0.25, 0.3) is 0 Å². The summed E-state index contributed by atoms with van der Waals surface area (Å²) in [4.78, 5) is 22.7. The third-order valence-corrected chi connectivity index (χ3v) is 3.73. The van der Waals surface area contributed by atoms with Gasteiger partial charge in [-0.05, 0) is 24.6 Å². The van der Waals surface area contributed by atoms with E-state index in [2.05, 4.69) is 20.2 Å². The highest BCUT2D eigenvalue weighted by atomic mass is 16.5. The van der Waals surface area contributed by atoms with Crippen LogP contribution in [-0.4, -0.2) is 42.2 Å². The molecule has 2 aromatic heterocycles. The summed E-state index contributed by atoms with van der Waals surface area (Å²) in [6, 6.07) is 7.15. The Bertz CT molecular complexity index is 749. The first-order valence-corrected chi connectivity index (χ1v) is 7.72. The van der Waals surface area contributed by atoms with Crippen LogP contribution in [0.5, 0.6) is 0 Å². The molecule has 1 fully saturated rings. The van der Waals surface area contributed by atoms with Crippen LogP contribution in [0.3, 0.4) is 0 Å². The zero-order valence-corrected chi connectivity index (χ0v) is 13.1. The molecular formula is C17H17N5O2. The van der Waals surface area contributed by atoms with E-state index in [1.807, 2.05) is 6.07 Å². The van der Waals surface area contributed by atoms with Crippen molar-refractivity contribution >= 4 is 17.3 Å². The molecule has 0 radical (unpaired) electrons. The van der Waals surface area contributed by atoms with Crippen molar-refractivity contribution in [3.05, 3.63) is 48.0 Å². The van der Waals surface area contributed by atoms with Crippen LogP contribution < -0.4 is 10.2 Å². The molecule has 1 saturated heterocycles. The van der Waals surface area contributed by atoms with Crippen LogP contribution in [0.4, 0.5) is 11.4 Å². The molecule has 1 aliphatic heterocycles. The number of hydrogen-bond donors (Lipinski definition) is 1. The molecule has 0 spiro atoms. The molecule has 7 heteroatoms. The molecule has 2 aromatic rings. The van der Waals surface area contributed by atoms with E-state index in [-0.39, 0.29) is 17.2 Å². The lowest BCUT2D eigenvalue weighted by molar-refractivity contribution is 0.102. The van der Waals surface area contributed by atoms with E-state index in [1.54, 1.807) is 36.8 Å². The zero-order valence-electron chi connectivity index (χ0n) is 13.1. The highest BCUT2D eigenvalue weighted by molar-refractivity contribution is 6.06. The summed E-state index contributed by atoms with van der Waals surface area (Å²) in [6.45, 7) is 2.93. The van der Waals surface area contributed by atoms with E-state index in [9.17, 15) is 10.1 Å².